The molecule has 136 valence electrons. The quantitative estimate of drug-likeness (QED) is 0.663. The number of hydrogen-bond donors (Lipinski definition) is 2. The summed E-state index contributed by atoms with van der Waals surface area (Å²) in [5, 5.41) is 2.92. The summed E-state index contributed by atoms with van der Waals surface area (Å²) < 4.78 is 5.35. The van der Waals surface area contributed by atoms with Crippen molar-refractivity contribution in [1.29, 1.82) is 0 Å². The van der Waals surface area contributed by atoms with E-state index in [1.165, 1.54) is 32.1 Å². The smallest absolute Gasteiger partial charge is 0.273 e. The highest BCUT2D eigenvalue weighted by Crippen LogP contribution is 2.17. The molecule has 2 unspecified atom stereocenters. The Morgan fingerprint density at radius 1 is 1.58 bits per heavy atom. The Balaban J connectivity index is 1.69. The van der Waals surface area contributed by atoms with E-state index in [2.05, 4.69) is 22.1 Å². The van der Waals surface area contributed by atoms with Gasteiger partial charge in [0.15, 0.2) is 5.69 Å². The highest BCUT2D eigenvalue weighted by atomic mass is 32.2. The van der Waals surface area contributed by atoms with Crippen LogP contribution in [-0.4, -0.2) is 53.5 Å². The van der Waals surface area contributed by atoms with Crippen LogP contribution in [0.4, 0.5) is 0 Å². The van der Waals surface area contributed by atoms with Gasteiger partial charge in [0.05, 0.1) is 6.04 Å². The predicted octanol–water partition coefficient (Wildman–Crippen LogP) is 2.42. The summed E-state index contributed by atoms with van der Waals surface area (Å²) in [7, 11) is 0. The number of amides is 1. The SMILES string of the molecule is CSCCC(N)c1nc(C(=O)NCCCN2CCCCC2C)co1. The van der Waals surface area contributed by atoms with Crippen LogP contribution in [-0.2, 0) is 0 Å². The largest absolute Gasteiger partial charge is 0.446 e. The Labute approximate surface area is 148 Å². The van der Waals surface area contributed by atoms with E-state index in [9.17, 15) is 4.79 Å². The maximum atomic E-state index is 12.1. The fourth-order valence-corrected chi connectivity index (χ4v) is 3.48. The molecular formula is C17H30N4O2S. The maximum Gasteiger partial charge on any atom is 0.273 e. The van der Waals surface area contributed by atoms with Crippen LogP contribution >= 0.6 is 11.8 Å². The minimum absolute atomic E-state index is 0.186. The fraction of sp³-hybridized carbons (Fsp3) is 0.765. The molecule has 24 heavy (non-hydrogen) atoms. The molecule has 3 N–H and O–H groups in total. The van der Waals surface area contributed by atoms with Gasteiger partial charge in [0, 0.05) is 19.1 Å². The maximum absolute atomic E-state index is 12.1. The van der Waals surface area contributed by atoms with Crippen LogP contribution in [0.3, 0.4) is 0 Å². The van der Waals surface area contributed by atoms with E-state index in [1.807, 2.05) is 6.26 Å². The van der Waals surface area contributed by atoms with Crippen molar-refractivity contribution in [2.24, 2.45) is 5.73 Å². The fourth-order valence-electron chi connectivity index (χ4n) is 2.99. The normalized spacial score (nSPS) is 20.0. The standard InChI is InChI=1S/C17H30N4O2S/c1-13-6-3-4-9-21(13)10-5-8-19-16(22)15-12-23-17(20-15)14(18)7-11-24-2/h12-14H,3-11,18H2,1-2H3,(H,19,22). The molecule has 0 aromatic carbocycles. The molecule has 1 aromatic rings. The zero-order chi connectivity index (χ0) is 17.4. The number of aromatic nitrogens is 1. The zero-order valence-corrected chi connectivity index (χ0v) is 15.6. The molecule has 6 nitrogen and oxygen atoms in total. The van der Waals surface area contributed by atoms with E-state index in [1.54, 1.807) is 11.8 Å². The van der Waals surface area contributed by atoms with Crippen LogP contribution in [0.15, 0.2) is 10.7 Å². The summed E-state index contributed by atoms with van der Waals surface area (Å²) in [6.07, 6.45) is 9.08. The molecule has 0 spiro atoms. The van der Waals surface area contributed by atoms with Gasteiger partial charge >= 0.3 is 0 Å². The van der Waals surface area contributed by atoms with Crippen LogP contribution in [0.1, 0.15) is 61.4 Å². The Kier molecular flexibility index (Phi) is 8.08. The second kappa shape index (κ2) is 10.1. The number of piperidine rings is 1. The number of carbonyl (C=O) groups excluding carboxylic acids is 1. The van der Waals surface area contributed by atoms with Crippen molar-refractivity contribution in [2.45, 2.75) is 51.1 Å². The van der Waals surface area contributed by atoms with Gasteiger partial charge in [0.2, 0.25) is 5.89 Å². The van der Waals surface area contributed by atoms with Crippen LogP contribution in [0.2, 0.25) is 0 Å². The zero-order valence-electron chi connectivity index (χ0n) is 14.8. The summed E-state index contributed by atoms with van der Waals surface area (Å²) in [4.78, 5) is 18.8. The molecule has 2 heterocycles. The van der Waals surface area contributed by atoms with Crippen molar-refractivity contribution in [1.82, 2.24) is 15.2 Å². The van der Waals surface area contributed by atoms with Gasteiger partial charge in [-0.1, -0.05) is 6.42 Å². The van der Waals surface area contributed by atoms with Crippen LogP contribution < -0.4 is 11.1 Å². The lowest BCUT2D eigenvalue weighted by molar-refractivity contribution is 0.0944. The van der Waals surface area contributed by atoms with Crippen molar-refractivity contribution in [3.8, 4) is 0 Å². The van der Waals surface area contributed by atoms with E-state index >= 15 is 0 Å². The second-order valence-electron chi connectivity index (χ2n) is 6.45. The number of rotatable bonds is 9. The highest BCUT2D eigenvalue weighted by molar-refractivity contribution is 7.98. The molecule has 0 radical (unpaired) electrons. The Morgan fingerprint density at radius 2 is 2.42 bits per heavy atom. The van der Waals surface area contributed by atoms with Gasteiger partial charge in [0.1, 0.15) is 6.26 Å². The average Bonchev–Trinajstić information content (AvgIpc) is 3.08. The first-order chi connectivity index (χ1) is 11.6. The molecular weight excluding hydrogens is 324 g/mol. The molecule has 1 aliphatic rings. The Hall–Kier alpha value is -1.05. The number of nitrogens with zero attached hydrogens (tertiary/aromatic N) is 2. The molecule has 1 aromatic heterocycles. The number of oxazole rings is 1. The van der Waals surface area contributed by atoms with Gasteiger partial charge < -0.3 is 20.4 Å². The minimum Gasteiger partial charge on any atom is -0.446 e. The second-order valence-corrected chi connectivity index (χ2v) is 7.43. The van der Waals surface area contributed by atoms with Gasteiger partial charge in [-0.05, 0) is 51.2 Å². The molecule has 0 bridgehead atoms. The minimum atomic E-state index is -0.250. The van der Waals surface area contributed by atoms with Gasteiger partial charge in [-0.2, -0.15) is 11.8 Å². The van der Waals surface area contributed by atoms with Crippen LogP contribution in [0, 0.1) is 0 Å². The average molecular weight is 355 g/mol. The number of nitrogens with one attached hydrogen (secondary N) is 1. The molecule has 7 heteroatoms. The van der Waals surface area contributed by atoms with Crippen molar-refractivity contribution in [2.75, 3.05) is 31.6 Å². The predicted molar refractivity (Wildman–Crippen MR) is 98.3 cm³/mol. The Morgan fingerprint density at radius 3 is 3.17 bits per heavy atom. The van der Waals surface area contributed by atoms with Crippen LogP contribution in [0.5, 0.6) is 0 Å². The van der Waals surface area contributed by atoms with Gasteiger partial charge in [-0.3, -0.25) is 4.79 Å². The highest BCUT2D eigenvalue weighted by Gasteiger charge is 2.18. The molecule has 1 fully saturated rings. The summed E-state index contributed by atoms with van der Waals surface area (Å²) in [5.74, 6) is 1.20. The van der Waals surface area contributed by atoms with Crippen molar-refractivity contribution < 1.29 is 9.21 Å². The summed E-state index contributed by atoms with van der Waals surface area (Å²) >= 11 is 1.73. The lowest BCUT2D eigenvalue weighted by atomic mass is 10.0. The number of nitrogens with two attached hydrogens (primary N) is 1. The van der Waals surface area contributed by atoms with E-state index in [0.29, 0.717) is 24.2 Å². The summed E-state index contributed by atoms with van der Waals surface area (Å²) in [6.45, 7) is 5.15. The van der Waals surface area contributed by atoms with Gasteiger partial charge in [-0.25, -0.2) is 4.98 Å². The molecule has 2 rings (SSSR count). The third-order valence-corrected chi connectivity index (χ3v) is 5.20. The van der Waals surface area contributed by atoms with Gasteiger partial charge in [0.25, 0.3) is 5.91 Å². The number of carbonyl (C=O) groups is 1. The molecule has 2 atom stereocenters. The Bertz CT molecular complexity index is 509. The first kappa shape index (κ1) is 19.3. The lowest BCUT2D eigenvalue weighted by Crippen LogP contribution is -2.39. The van der Waals surface area contributed by atoms with Crippen molar-refractivity contribution in [3.63, 3.8) is 0 Å². The first-order valence-electron chi connectivity index (χ1n) is 8.84. The molecule has 1 saturated heterocycles. The third kappa shape index (κ3) is 5.79. The summed E-state index contributed by atoms with van der Waals surface area (Å²) in [6, 6.07) is 0.412. The lowest BCUT2D eigenvalue weighted by Gasteiger charge is -2.33. The number of likely N-dealkylation sites (tertiary alicyclic amines) is 1. The van der Waals surface area contributed by atoms with Crippen molar-refractivity contribution in [3.05, 3.63) is 17.8 Å². The van der Waals surface area contributed by atoms with E-state index in [-0.39, 0.29) is 11.9 Å². The first-order valence-corrected chi connectivity index (χ1v) is 10.2. The number of thioether (sulfide) groups is 1. The van der Waals surface area contributed by atoms with E-state index in [4.69, 9.17) is 10.2 Å². The van der Waals surface area contributed by atoms with E-state index in [0.717, 1.165) is 25.1 Å². The topological polar surface area (TPSA) is 84.4 Å². The number of hydrogen-bond acceptors (Lipinski definition) is 6. The molecule has 0 aliphatic carbocycles. The van der Waals surface area contributed by atoms with Gasteiger partial charge in [-0.15, -0.1) is 0 Å². The summed E-state index contributed by atoms with van der Waals surface area (Å²) in [5.41, 5.74) is 6.32. The third-order valence-electron chi connectivity index (χ3n) is 4.55. The van der Waals surface area contributed by atoms with Crippen LogP contribution in [0.25, 0.3) is 0 Å². The monoisotopic (exact) mass is 354 g/mol. The van der Waals surface area contributed by atoms with E-state index < -0.39 is 0 Å². The van der Waals surface area contributed by atoms with Crippen molar-refractivity contribution >= 4 is 17.7 Å². The molecule has 0 saturated carbocycles. The molecule has 1 amide bonds. The molecule has 1 aliphatic heterocycles.